The van der Waals surface area contributed by atoms with Gasteiger partial charge < -0.3 is 14.0 Å². The van der Waals surface area contributed by atoms with Crippen molar-refractivity contribution >= 4 is 0 Å². The fourth-order valence-corrected chi connectivity index (χ4v) is 2.41. The van der Waals surface area contributed by atoms with Gasteiger partial charge in [0.1, 0.15) is 19.0 Å². The third-order valence-electron chi connectivity index (χ3n) is 3.48. The van der Waals surface area contributed by atoms with Crippen molar-refractivity contribution in [1.29, 1.82) is 0 Å². The number of aryl methyl sites for hydroxylation is 1. The average Bonchev–Trinajstić information content (AvgIpc) is 2.89. The van der Waals surface area contributed by atoms with E-state index in [0.717, 1.165) is 22.9 Å². The number of benzene rings is 1. The SMILES string of the molecule is Cn1ccnc1CC(NN)c1cccc2c1OCCO2. The van der Waals surface area contributed by atoms with Crippen molar-refractivity contribution in [3.8, 4) is 11.5 Å². The summed E-state index contributed by atoms with van der Waals surface area (Å²) in [6, 6.07) is 5.78. The minimum Gasteiger partial charge on any atom is -0.486 e. The van der Waals surface area contributed by atoms with E-state index in [0.29, 0.717) is 19.6 Å². The predicted molar refractivity (Wildman–Crippen MR) is 74.4 cm³/mol. The van der Waals surface area contributed by atoms with E-state index in [9.17, 15) is 0 Å². The molecule has 0 fully saturated rings. The Morgan fingerprint density at radius 2 is 2.25 bits per heavy atom. The Kier molecular flexibility index (Phi) is 3.58. The van der Waals surface area contributed by atoms with Crippen molar-refractivity contribution in [2.45, 2.75) is 12.5 Å². The van der Waals surface area contributed by atoms with Crippen molar-refractivity contribution in [3.63, 3.8) is 0 Å². The molecule has 2 heterocycles. The van der Waals surface area contributed by atoms with Crippen molar-refractivity contribution in [2.75, 3.05) is 13.2 Å². The third kappa shape index (κ3) is 2.35. The summed E-state index contributed by atoms with van der Waals surface area (Å²) >= 11 is 0. The van der Waals surface area contributed by atoms with Crippen LogP contribution in [0.1, 0.15) is 17.4 Å². The van der Waals surface area contributed by atoms with Crippen LogP contribution in [0.3, 0.4) is 0 Å². The van der Waals surface area contributed by atoms with E-state index in [1.54, 1.807) is 6.20 Å². The quantitative estimate of drug-likeness (QED) is 0.641. The highest BCUT2D eigenvalue weighted by Crippen LogP contribution is 2.37. The van der Waals surface area contributed by atoms with Gasteiger partial charge in [-0.2, -0.15) is 0 Å². The normalized spacial score (nSPS) is 15.1. The van der Waals surface area contributed by atoms with Crippen molar-refractivity contribution in [1.82, 2.24) is 15.0 Å². The molecule has 1 atom stereocenters. The summed E-state index contributed by atoms with van der Waals surface area (Å²) in [5, 5.41) is 0. The summed E-state index contributed by atoms with van der Waals surface area (Å²) in [7, 11) is 1.97. The number of aromatic nitrogens is 2. The maximum atomic E-state index is 5.74. The number of ether oxygens (including phenoxy) is 2. The predicted octanol–water partition coefficient (Wildman–Crippen LogP) is 0.938. The standard InChI is InChI=1S/C14H18N4O2/c1-18-6-5-16-13(18)9-11(17-15)10-3-2-4-12-14(10)20-8-7-19-12/h2-6,11,17H,7-9,15H2,1H3. The van der Waals surface area contributed by atoms with E-state index < -0.39 is 0 Å². The highest BCUT2D eigenvalue weighted by molar-refractivity contribution is 5.49. The number of nitrogens with two attached hydrogens (primary N) is 1. The minimum atomic E-state index is -0.0762. The Labute approximate surface area is 117 Å². The van der Waals surface area contributed by atoms with E-state index in [-0.39, 0.29) is 6.04 Å². The lowest BCUT2D eigenvalue weighted by Crippen LogP contribution is -2.31. The number of hydrazine groups is 1. The van der Waals surface area contributed by atoms with Gasteiger partial charge in [-0.3, -0.25) is 11.3 Å². The number of rotatable bonds is 4. The fourth-order valence-electron chi connectivity index (χ4n) is 2.41. The van der Waals surface area contributed by atoms with Crippen LogP contribution >= 0.6 is 0 Å². The number of para-hydroxylation sites is 1. The lowest BCUT2D eigenvalue weighted by molar-refractivity contribution is 0.168. The van der Waals surface area contributed by atoms with Crippen LogP contribution in [0.5, 0.6) is 11.5 Å². The van der Waals surface area contributed by atoms with Gasteiger partial charge in [-0.1, -0.05) is 12.1 Å². The molecular weight excluding hydrogens is 256 g/mol. The molecule has 1 aliphatic heterocycles. The molecule has 3 N–H and O–H groups in total. The topological polar surface area (TPSA) is 74.3 Å². The number of hydrogen-bond acceptors (Lipinski definition) is 5. The molecule has 3 rings (SSSR count). The first kappa shape index (κ1) is 13.0. The molecule has 106 valence electrons. The van der Waals surface area contributed by atoms with Crippen molar-refractivity contribution in [2.24, 2.45) is 12.9 Å². The van der Waals surface area contributed by atoms with Gasteiger partial charge in [-0.15, -0.1) is 0 Å². The zero-order valence-corrected chi connectivity index (χ0v) is 11.4. The van der Waals surface area contributed by atoms with E-state index in [1.807, 2.05) is 36.0 Å². The summed E-state index contributed by atoms with van der Waals surface area (Å²) in [4.78, 5) is 4.34. The van der Waals surface area contributed by atoms with Crippen LogP contribution in [-0.2, 0) is 13.5 Å². The molecule has 0 spiro atoms. The molecule has 2 aromatic rings. The van der Waals surface area contributed by atoms with Crippen LogP contribution in [0.15, 0.2) is 30.6 Å². The van der Waals surface area contributed by atoms with E-state index in [1.165, 1.54) is 0 Å². The molecule has 1 aliphatic rings. The van der Waals surface area contributed by atoms with Crippen LogP contribution in [0, 0.1) is 0 Å². The number of fused-ring (bicyclic) bond motifs is 1. The van der Waals surface area contributed by atoms with Gasteiger partial charge in [-0.05, 0) is 6.07 Å². The molecule has 6 heteroatoms. The van der Waals surface area contributed by atoms with Crippen LogP contribution < -0.4 is 20.7 Å². The number of hydrogen-bond donors (Lipinski definition) is 2. The largest absolute Gasteiger partial charge is 0.486 e. The Balaban J connectivity index is 1.91. The Hall–Kier alpha value is -2.05. The van der Waals surface area contributed by atoms with Gasteiger partial charge in [0.05, 0.1) is 6.04 Å². The highest BCUT2D eigenvalue weighted by Gasteiger charge is 2.22. The first-order chi connectivity index (χ1) is 9.79. The summed E-state index contributed by atoms with van der Waals surface area (Å²) in [5.41, 5.74) is 3.84. The third-order valence-corrected chi connectivity index (χ3v) is 3.48. The lowest BCUT2D eigenvalue weighted by Gasteiger charge is -2.24. The average molecular weight is 274 g/mol. The fraction of sp³-hybridized carbons (Fsp3) is 0.357. The molecule has 0 amide bonds. The molecule has 20 heavy (non-hydrogen) atoms. The van der Waals surface area contributed by atoms with Gasteiger partial charge in [-0.25, -0.2) is 4.98 Å². The summed E-state index contributed by atoms with van der Waals surface area (Å²) in [6.45, 7) is 1.14. The van der Waals surface area contributed by atoms with Crippen LogP contribution in [0.4, 0.5) is 0 Å². The smallest absolute Gasteiger partial charge is 0.166 e. The summed E-state index contributed by atoms with van der Waals surface area (Å²) in [6.07, 6.45) is 4.38. The minimum absolute atomic E-state index is 0.0762. The zero-order valence-electron chi connectivity index (χ0n) is 11.4. The molecule has 1 aromatic heterocycles. The molecule has 6 nitrogen and oxygen atoms in total. The Bertz CT molecular complexity index is 597. The van der Waals surface area contributed by atoms with Crippen molar-refractivity contribution in [3.05, 3.63) is 42.0 Å². The van der Waals surface area contributed by atoms with Crippen LogP contribution in [-0.4, -0.2) is 22.8 Å². The second-order valence-electron chi connectivity index (χ2n) is 4.75. The van der Waals surface area contributed by atoms with Crippen LogP contribution in [0.2, 0.25) is 0 Å². The second-order valence-corrected chi connectivity index (χ2v) is 4.75. The maximum Gasteiger partial charge on any atom is 0.166 e. The van der Waals surface area contributed by atoms with Crippen molar-refractivity contribution < 1.29 is 9.47 Å². The highest BCUT2D eigenvalue weighted by atomic mass is 16.6. The van der Waals surface area contributed by atoms with Gasteiger partial charge in [0, 0.05) is 31.4 Å². The van der Waals surface area contributed by atoms with E-state index in [2.05, 4.69) is 10.4 Å². The molecule has 0 aliphatic carbocycles. The Morgan fingerprint density at radius 3 is 3.00 bits per heavy atom. The second kappa shape index (κ2) is 5.52. The van der Waals surface area contributed by atoms with Gasteiger partial charge in [0.25, 0.3) is 0 Å². The van der Waals surface area contributed by atoms with Gasteiger partial charge >= 0.3 is 0 Å². The van der Waals surface area contributed by atoms with Gasteiger partial charge in [0.2, 0.25) is 0 Å². The van der Waals surface area contributed by atoms with Gasteiger partial charge in [0.15, 0.2) is 11.5 Å². The number of imidazole rings is 1. The van der Waals surface area contributed by atoms with E-state index in [4.69, 9.17) is 15.3 Å². The maximum absolute atomic E-state index is 5.74. The summed E-state index contributed by atoms with van der Waals surface area (Å²) < 4.78 is 13.3. The number of nitrogens with zero attached hydrogens (tertiary/aromatic N) is 2. The number of nitrogens with one attached hydrogen (secondary N) is 1. The first-order valence-electron chi connectivity index (χ1n) is 6.60. The molecule has 0 saturated carbocycles. The lowest BCUT2D eigenvalue weighted by atomic mass is 10.0. The molecule has 0 radical (unpaired) electrons. The van der Waals surface area contributed by atoms with Crippen LogP contribution in [0.25, 0.3) is 0 Å². The molecule has 1 aromatic carbocycles. The monoisotopic (exact) mass is 274 g/mol. The first-order valence-corrected chi connectivity index (χ1v) is 6.60. The molecular formula is C14H18N4O2. The summed E-state index contributed by atoms with van der Waals surface area (Å²) in [5.74, 6) is 8.23. The molecule has 1 unspecified atom stereocenters. The van der Waals surface area contributed by atoms with E-state index >= 15 is 0 Å². The zero-order chi connectivity index (χ0) is 13.9. The molecule has 0 bridgehead atoms. The Morgan fingerprint density at radius 1 is 1.40 bits per heavy atom. The molecule has 0 saturated heterocycles.